The molecule has 0 radical (unpaired) electrons. The summed E-state index contributed by atoms with van der Waals surface area (Å²) in [5.74, 6) is 1.10. The van der Waals surface area contributed by atoms with Crippen molar-refractivity contribution in [2.24, 2.45) is 0 Å². The topological polar surface area (TPSA) is 21.1 Å². The van der Waals surface area contributed by atoms with Crippen LogP contribution in [0.15, 0.2) is 54.9 Å². The molecule has 1 aliphatic heterocycles. The molecule has 2 heterocycles. The summed E-state index contributed by atoms with van der Waals surface area (Å²) in [5, 5.41) is 4.21. The summed E-state index contributed by atoms with van der Waals surface area (Å²) in [6.07, 6.45) is 3.44. The smallest absolute Gasteiger partial charge is 0.151 e. The Labute approximate surface area is 149 Å². The van der Waals surface area contributed by atoms with Crippen molar-refractivity contribution in [1.29, 1.82) is 0 Å². The van der Waals surface area contributed by atoms with Gasteiger partial charge in [0, 0.05) is 48.1 Å². The number of aromatic nitrogens is 2. The normalized spacial score (nSPS) is 14.7. The van der Waals surface area contributed by atoms with Gasteiger partial charge < -0.3 is 4.90 Å². The minimum atomic E-state index is -0.632. The Kier molecular flexibility index (Phi) is 4.44. The lowest BCUT2D eigenvalue weighted by Gasteiger charge is -2.28. The Morgan fingerprint density at radius 1 is 0.920 bits per heavy atom. The Hall–Kier alpha value is -2.34. The molecule has 0 unspecified atom stereocenters. The molecule has 1 aromatic heterocycles. The lowest BCUT2D eigenvalue weighted by Crippen LogP contribution is -2.32. The zero-order valence-corrected chi connectivity index (χ0v) is 14.3. The van der Waals surface area contributed by atoms with Gasteiger partial charge in [0.05, 0.1) is 6.20 Å². The zero-order chi connectivity index (χ0) is 17.2. The van der Waals surface area contributed by atoms with Crippen molar-refractivity contribution in [1.82, 2.24) is 9.78 Å². The SMILES string of the molecule is Fc1ccc(-n2cc(-c3ccc(N4CCSCC4)cc3)cn2)c(F)c1. The van der Waals surface area contributed by atoms with Crippen LogP contribution in [0.2, 0.25) is 0 Å². The van der Waals surface area contributed by atoms with Gasteiger partial charge in [-0.05, 0) is 29.8 Å². The highest BCUT2D eigenvalue weighted by Gasteiger charge is 2.12. The van der Waals surface area contributed by atoms with E-state index in [1.54, 1.807) is 12.4 Å². The summed E-state index contributed by atoms with van der Waals surface area (Å²) in [7, 11) is 0. The van der Waals surface area contributed by atoms with Gasteiger partial charge in [-0.25, -0.2) is 13.5 Å². The molecular formula is C19H17F2N3S. The maximum Gasteiger partial charge on any atom is 0.151 e. The van der Waals surface area contributed by atoms with Gasteiger partial charge in [-0.3, -0.25) is 0 Å². The molecule has 1 saturated heterocycles. The van der Waals surface area contributed by atoms with Crippen LogP contribution in [0.1, 0.15) is 0 Å². The van der Waals surface area contributed by atoms with Crippen molar-refractivity contribution >= 4 is 17.4 Å². The summed E-state index contributed by atoms with van der Waals surface area (Å²) >= 11 is 1.99. The highest BCUT2D eigenvalue weighted by atomic mass is 32.2. The monoisotopic (exact) mass is 357 g/mol. The minimum Gasteiger partial charge on any atom is -0.370 e. The second-order valence-electron chi connectivity index (χ2n) is 5.92. The van der Waals surface area contributed by atoms with E-state index in [0.29, 0.717) is 0 Å². The fourth-order valence-corrected chi connectivity index (χ4v) is 3.86. The van der Waals surface area contributed by atoms with E-state index in [1.165, 1.54) is 22.5 Å². The first kappa shape index (κ1) is 16.1. The molecule has 4 rings (SSSR count). The summed E-state index contributed by atoms with van der Waals surface area (Å²) in [4.78, 5) is 2.39. The molecule has 0 aliphatic carbocycles. The van der Waals surface area contributed by atoms with Crippen LogP contribution in [0.25, 0.3) is 16.8 Å². The van der Waals surface area contributed by atoms with Gasteiger partial charge in [0.1, 0.15) is 11.5 Å². The highest BCUT2D eigenvalue weighted by molar-refractivity contribution is 7.99. The van der Waals surface area contributed by atoms with E-state index in [0.717, 1.165) is 41.8 Å². The van der Waals surface area contributed by atoms with E-state index in [-0.39, 0.29) is 5.69 Å². The largest absolute Gasteiger partial charge is 0.370 e. The minimum absolute atomic E-state index is 0.232. The van der Waals surface area contributed by atoms with Crippen LogP contribution in [0.5, 0.6) is 0 Å². The molecule has 128 valence electrons. The number of anilines is 1. The maximum absolute atomic E-state index is 13.9. The standard InChI is InChI=1S/C19H17F2N3S/c20-16-3-6-19(18(21)11-16)24-13-15(12-22-24)14-1-4-17(5-2-14)23-7-9-25-10-8-23/h1-6,11-13H,7-10H2. The second kappa shape index (κ2) is 6.88. The van der Waals surface area contributed by atoms with Crippen LogP contribution < -0.4 is 4.90 Å². The Morgan fingerprint density at radius 2 is 1.68 bits per heavy atom. The molecule has 25 heavy (non-hydrogen) atoms. The van der Waals surface area contributed by atoms with Crippen LogP contribution in [-0.4, -0.2) is 34.4 Å². The van der Waals surface area contributed by atoms with Crippen LogP contribution in [-0.2, 0) is 0 Å². The molecule has 0 amide bonds. The van der Waals surface area contributed by atoms with E-state index >= 15 is 0 Å². The average molecular weight is 357 g/mol. The van der Waals surface area contributed by atoms with E-state index < -0.39 is 11.6 Å². The zero-order valence-electron chi connectivity index (χ0n) is 13.5. The molecule has 1 aliphatic rings. The molecular weight excluding hydrogens is 340 g/mol. The van der Waals surface area contributed by atoms with E-state index in [4.69, 9.17) is 0 Å². The predicted octanol–water partition coefficient (Wildman–Crippen LogP) is 4.37. The van der Waals surface area contributed by atoms with Crippen molar-refractivity contribution in [2.45, 2.75) is 0 Å². The Balaban J connectivity index is 1.57. The van der Waals surface area contributed by atoms with E-state index in [9.17, 15) is 8.78 Å². The highest BCUT2D eigenvalue weighted by Crippen LogP contribution is 2.25. The first-order chi connectivity index (χ1) is 12.2. The van der Waals surface area contributed by atoms with Crippen molar-refractivity contribution in [3.05, 3.63) is 66.5 Å². The number of hydrogen-bond donors (Lipinski definition) is 0. The molecule has 3 nitrogen and oxygen atoms in total. The molecule has 0 bridgehead atoms. The van der Waals surface area contributed by atoms with Crippen molar-refractivity contribution in [2.75, 3.05) is 29.5 Å². The van der Waals surface area contributed by atoms with Gasteiger partial charge in [-0.2, -0.15) is 16.9 Å². The summed E-state index contributed by atoms with van der Waals surface area (Å²) in [6, 6.07) is 11.8. The molecule has 1 fully saturated rings. The lowest BCUT2D eigenvalue weighted by molar-refractivity contribution is 0.573. The van der Waals surface area contributed by atoms with Crippen LogP contribution in [0.3, 0.4) is 0 Å². The second-order valence-corrected chi connectivity index (χ2v) is 7.14. The summed E-state index contributed by atoms with van der Waals surface area (Å²) in [5.41, 5.74) is 3.37. The summed E-state index contributed by atoms with van der Waals surface area (Å²) in [6.45, 7) is 2.15. The maximum atomic E-state index is 13.9. The number of nitrogens with zero attached hydrogens (tertiary/aromatic N) is 3. The molecule has 2 aromatic carbocycles. The fourth-order valence-electron chi connectivity index (χ4n) is 2.96. The van der Waals surface area contributed by atoms with Gasteiger partial charge in [-0.1, -0.05) is 12.1 Å². The van der Waals surface area contributed by atoms with Crippen LogP contribution in [0.4, 0.5) is 14.5 Å². The lowest BCUT2D eigenvalue weighted by atomic mass is 10.1. The average Bonchev–Trinajstić information content (AvgIpc) is 3.12. The third kappa shape index (κ3) is 3.39. The quantitative estimate of drug-likeness (QED) is 0.694. The molecule has 0 spiro atoms. The number of hydrogen-bond acceptors (Lipinski definition) is 3. The number of rotatable bonds is 3. The Bertz CT molecular complexity index is 871. The first-order valence-corrected chi connectivity index (χ1v) is 9.29. The van der Waals surface area contributed by atoms with Gasteiger partial charge in [0.2, 0.25) is 0 Å². The van der Waals surface area contributed by atoms with Gasteiger partial charge in [0.25, 0.3) is 0 Å². The number of benzene rings is 2. The number of halogens is 2. The van der Waals surface area contributed by atoms with Gasteiger partial charge >= 0.3 is 0 Å². The third-order valence-corrected chi connectivity index (χ3v) is 5.26. The van der Waals surface area contributed by atoms with Crippen molar-refractivity contribution in [3.8, 4) is 16.8 Å². The van der Waals surface area contributed by atoms with Gasteiger partial charge in [-0.15, -0.1) is 0 Å². The summed E-state index contributed by atoms with van der Waals surface area (Å²) < 4.78 is 28.4. The fraction of sp³-hybridized carbons (Fsp3) is 0.211. The molecule has 0 N–H and O–H groups in total. The van der Waals surface area contributed by atoms with Crippen molar-refractivity contribution < 1.29 is 8.78 Å². The Morgan fingerprint density at radius 3 is 2.40 bits per heavy atom. The van der Waals surface area contributed by atoms with Crippen molar-refractivity contribution in [3.63, 3.8) is 0 Å². The third-order valence-electron chi connectivity index (χ3n) is 4.32. The molecule has 6 heteroatoms. The van der Waals surface area contributed by atoms with E-state index in [1.807, 2.05) is 11.8 Å². The van der Waals surface area contributed by atoms with E-state index in [2.05, 4.69) is 34.3 Å². The van der Waals surface area contributed by atoms with Gasteiger partial charge in [0.15, 0.2) is 5.82 Å². The van der Waals surface area contributed by atoms with Crippen LogP contribution >= 0.6 is 11.8 Å². The molecule has 0 atom stereocenters. The number of thioether (sulfide) groups is 1. The first-order valence-electron chi connectivity index (χ1n) is 8.14. The predicted molar refractivity (Wildman–Crippen MR) is 98.5 cm³/mol. The van der Waals surface area contributed by atoms with Crippen LogP contribution in [0, 0.1) is 11.6 Å². The molecule has 3 aromatic rings. The molecule has 0 saturated carbocycles.